The minimum Gasteiger partial charge on any atom is -0.454 e. The minimum atomic E-state index is -0.0385. The standard InChI is InChI=1S/C19H18N4O3/c24-18(13-4-5-16-17(11-13)26-12-25-16)23-8-2-1-3-15(23)14-6-9-22-10-7-20-19(22)21-14/h4-7,9-11,15H,1-3,8,12H2/t15-/m0/s1. The van der Waals surface area contributed by atoms with Crippen molar-refractivity contribution in [1.82, 2.24) is 19.3 Å². The number of amides is 1. The average Bonchev–Trinajstić information content (AvgIpc) is 3.35. The maximum Gasteiger partial charge on any atom is 0.254 e. The summed E-state index contributed by atoms with van der Waals surface area (Å²) < 4.78 is 12.6. The summed E-state index contributed by atoms with van der Waals surface area (Å²) in [5, 5.41) is 0. The number of benzene rings is 1. The molecule has 0 aliphatic carbocycles. The molecule has 2 aliphatic rings. The van der Waals surface area contributed by atoms with Crippen LogP contribution >= 0.6 is 0 Å². The second-order valence-corrected chi connectivity index (χ2v) is 6.57. The molecule has 26 heavy (non-hydrogen) atoms. The molecule has 0 bridgehead atoms. The summed E-state index contributed by atoms with van der Waals surface area (Å²) >= 11 is 0. The molecule has 1 atom stereocenters. The first-order valence-corrected chi connectivity index (χ1v) is 8.80. The van der Waals surface area contributed by atoms with E-state index >= 15 is 0 Å². The number of rotatable bonds is 2. The van der Waals surface area contributed by atoms with E-state index in [2.05, 4.69) is 9.97 Å². The Labute approximate surface area is 150 Å². The molecule has 7 heteroatoms. The van der Waals surface area contributed by atoms with Gasteiger partial charge in [0.15, 0.2) is 11.5 Å². The lowest BCUT2D eigenvalue weighted by molar-refractivity contribution is 0.0605. The predicted octanol–water partition coefficient (Wildman–Crippen LogP) is 2.83. The third kappa shape index (κ3) is 2.47. The number of hydrogen-bond acceptors (Lipinski definition) is 5. The van der Waals surface area contributed by atoms with Gasteiger partial charge in [-0.1, -0.05) is 0 Å². The number of imidazole rings is 1. The molecule has 2 aliphatic heterocycles. The van der Waals surface area contributed by atoms with Crippen molar-refractivity contribution < 1.29 is 14.3 Å². The lowest BCUT2D eigenvalue weighted by Crippen LogP contribution is -2.38. The van der Waals surface area contributed by atoms with Crippen LogP contribution in [0.25, 0.3) is 5.78 Å². The second kappa shape index (κ2) is 6.01. The first-order valence-electron chi connectivity index (χ1n) is 8.80. The van der Waals surface area contributed by atoms with Crippen molar-refractivity contribution in [2.45, 2.75) is 25.3 Å². The molecule has 5 rings (SSSR count). The Balaban J connectivity index is 1.48. The van der Waals surface area contributed by atoms with E-state index in [9.17, 15) is 4.79 Å². The van der Waals surface area contributed by atoms with Crippen molar-refractivity contribution in [3.8, 4) is 11.5 Å². The highest BCUT2D eigenvalue weighted by atomic mass is 16.7. The molecule has 3 aromatic rings. The van der Waals surface area contributed by atoms with Gasteiger partial charge in [0.05, 0.1) is 11.7 Å². The van der Waals surface area contributed by atoms with Crippen molar-refractivity contribution in [2.24, 2.45) is 0 Å². The summed E-state index contributed by atoms with van der Waals surface area (Å²) in [7, 11) is 0. The number of likely N-dealkylation sites (tertiary alicyclic amines) is 1. The number of ether oxygens (including phenoxy) is 2. The zero-order valence-corrected chi connectivity index (χ0v) is 14.2. The number of hydrogen-bond donors (Lipinski definition) is 0. The van der Waals surface area contributed by atoms with E-state index in [1.807, 2.05) is 27.8 Å². The number of nitrogens with zero attached hydrogens (tertiary/aromatic N) is 4. The first kappa shape index (κ1) is 15.2. The van der Waals surface area contributed by atoms with Gasteiger partial charge < -0.3 is 14.4 Å². The van der Waals surface area contributed by atoms with Gasteiger partial charge >= 0.3 is 0 Å². The second-order valence-electron chi connectivity index (χ2n) is 6.57. The van der Waals surface area contributed by atoms with Crippen LogP contribution in [0.2, 0.25) is 0 Å². The van der Waals surface area contributed by atoms with Gasteiger partial charge in [0.2, 0.25) is 12.6 Å². The molecule has 4 heterocycles. The number of aromatic nitrogens is 3. The van der Waals surface area contributed by atoms with Crippen molar-refractivity contribution in [1.29, 1.82) is 0 Å². The molecule has 2 aromatic heterocycles. The zero-order valence-electron chi connectivity index (χ0n) is 14.2. The summed E-state index contributed by atoms with van der Waals surface area (Å²) in [5.41, 5.74) is 1.50. The van der Waals surface area contributed by atoms with Crippen molar-refractivity contribution >= 4 is 11.7 Å². The summed E-state index contributed by atoms with van der Waals surface area (Å²) in [5.74, 6) is 1.96. The highest BCUT2D eigenvalue weighted by Crippen LogP contribution is 2.35. The molecular formula is C19H18N4O3. The highest BCUT2D eigenvalue weighted by molar-refractivity contribution is 5.95. The van der Waals surface area contributed by atoms with Crippen LogP contribution in [0, 0.1) is 0 Å². The fourth-order valence-corrected chi connectivity index (χ4v) is 3.68. The molecule has 1 amide bonds. The molecule has 0 unspecified atom stereocenters. The maximum atomic E-state index is 13.2. The third-order valence-corrected chi connectivity index (χ3v) is 5.01. The quantitative estimate of drug-likeness (QED) is 0.711. The Hall–Kier alpha value is -3.09. The van der Waals surface area contributed by atoms with Gasteiger partial charge in [-0.25, -0.2) is 9.97 Å². The Morgan fingerprint density at radius 2 is 2.04 bits per heavy atom. The van der Waals surface area contributed by atoms with Crippen LogP contribution in [0.5, 0.6) is 11.5 Å². The fraction of sp³-hybridized carbons (Fsp3) is 0.316. The molecule has 0 N–H and O–H groups in total. The van der Waals surface area contributed by atoms with Crippen LogP contribution in [-0.4, -0.2) is 38.5 Å². The molecule has 1 aromatic carbocycles. The normalized spacial score (nSPS) is 19.1. The largest absolute Gasteiger partial charge is 0.454 e. The van der Waals surface area contributed by atoms with Crippen LogP contribution in [0.1, 0.15) is 41.4 Å². The van der Waals surface area contributed by atoms with Gasteiger partial charge in [-0.15, -0.1) is 0 Å². The van der Waals surface area contributed by atoms with E-state index in [4.69, 9.17) is 9.47 Å². The fourth-order valence-electron chi connectivity index (χ4n) is 3.68. The van der Waals surface area contributed by atoms with Gasteiger partial charge in [-0.05, 0) is 43.5 Å². The minimum absolute atomic E-state index is 0.00184. The summed E-state index contributed by atoms with van der Waals surface area (Å²) in [6.45, 7) is 0.923. The van der Waals surface area contributed by atoms with Crippen LogP contribution in [-0.2, 0) is 0 Å². The molecule has 0 spiro atoms. The smallest absolute Gasteiger partial charge is 0.254 e. The van der Waals surface area contributed by atoms with Crippen LogP contribution in [0.15, 0.2) is 42.9 Å². The van der Waals surface area contributed by atoms with Crippen LogP contribution in [0.4, 0.5) is 0 Å². The number of piperidine rings is 1. The van der Waals surface area contributed by atoms with Crippen molar-refractivity contribution in [3.05, 3.63) is 54.1 Å². The lowest BCUT2D eigenvalue weighted by Gasteiger charge is -2.35. The Morgan fingerprint density at radius 1 is 1.12 bits per heavy atom. The number of carbonyl (C=O) groups excluding carboxylic acids is 1. The van der Waals surface area contributed by atoms with Crippen LogP contribution in [0.3, 0.4) is 0 Å². The summed E-state index contributed by atoms with van der Waals surface area (Å²) in [6.07, 6.45) is 8.52. The van der Waals surface area contributed by atoms with E-state index in [-0.39, 0.29) is 18.7 Å². The predicted molar refractivity (Wildman–Crippen MR) is 93.2 cm³/mol. The Morgan fingerprint density at radius 3 is 3.00 bits per heavy atom. The molecule has 0 radical (unpaired) electrons. The van der Waals surface area contributed by atoms with E-state index in [0.717, 1.165) is 31.5 Å². The first-order chi connectivity index (χ1) is 12.8. The molecule has 7 nitrogen and oxygen atoms in total. The summed E-state index contributed by atoms with van der Waals surface area (Å²) in [6, 6.07) is 7.30. The SMILES string of the molecule is O=C(c1ccc2c(c1)OCO2)N1CCCC[C@H]1c1ccn2ccnc2n1. The number of fused-ring (bicyclic) bond motifs is 2. The molecule has 1 saturated heterocycles. The Kier molecular flexibility index (Phi) is 3.51. The van der Waals surface area contributed by atoms with Gasteiger partial charge in [-0.3, -0.25) is 9.20 Å². The van der Waals surface area contributed by atoms with Crippen LogP contribution < -0.4 is 9.47 Å². The van der Waals surface area contributed by atoms with E-state index in [0.29, 0.717) is 22.8 Å². The van der Waals surface area contributed by atoms with Crippen molar-refractivity contribution in [2.75, 3.05) is 13.3 Å². The van der Waals surface area contributed by atoms with E-state index in [1.165, 1.54) is 0 Å². The van der Waals surface area contributed by atoms with Gasteiger partial charge in [0.25, 0.3) is 5.91 Å². The van der Waals surface area contributed by atoms with Gasteiger partial charge in [0, 0.05) is 30.7 Å². The van der Waals surface area contributed by atoms with Gasteiger partial charge in [0.1, 0.15) is 0 Å². The topological polar surface area (TPSA) is 69.0 Å². The van der Waals surface area contributed by atoms with Crippen molar-refractivity contribution in [3.63, 3.8) is 0 Å². The third-order valence-electron chi connectivity index (χ3n) is 5.01. The zero-order chi connectivity index (χ0) is 17.5. The Bertz CT molecular complexity index is 984. The molecule has 1 fully saturated rings. The van der Waals surface area contributed by atoms with E-state index < -0.39 is 0 Å². The van der Waals surface area contributed by atoms with E-state index in [1.54, 1.807) is 24.4 Å². The average molecular weight is 350 g/mol. The summed E-state index contributed by atoms with van der Waals surface area (Å²) in [4.78, 5) is 24.0. The molecular weight excluding hydrogens is 332 g/mol. The number of carbonyl (C=O) groups is 1. The monoisotopic (exact) mass is 350 g/mol. The molecule has 0 saturated carbocycles. The maximum absolute atomic E-state index is 13.2. The lowest BCUT2D eigenvalue weighted by atomic mass is 9.98. The molecule has 132 valence electrons. The highest BCUT2D eigenvalue weighted by Gasteiger charge is 2.30. The van der Waals surface area contributed by atoms with Gasteiger partial charge in [-0.2, -0.15) is 0 Å².